The second kappa shape index (κ2) is 5.79. The third kappa shape index (κ3) is 2.73. The van der Waals surface area contributed by atoms with Gasteiger partial charge in [-0.1, -0.05) is 0 Å². The minimum atomic E-state index is -0.363. The first-order valence-electron chi connectivity index (χ1n) is 7.35. The van der Waals surface area contributed by atoms with Crippen molar-refractivity contribution < 1.29 is 4.79 Å². The highest BCUT2D eigenvalue weighted by Crippen LogP contribution is 2.37. The lowest BCUT2D eigenvalue weighted by Crippen LogP contribution is -2.43. The number of piperidine rings is 1. The fourth-order valence-corrected chi connectivity index (χ4v) is 4.30. The number of hydrogen-bond acceptors (Lipinski definition) is 5. The molecule has 6 heteroatoms. The maximum Gasteiger partial charge on any atom is 0.260 e. The highest BCUT2D eigenvalue weighted by molar-refractivity contribution is 7.13. The van der Waals surface area contributed by atoms with Gasteiger partial charge in [-0.2, -0.15) is 0 Å². The molecule has 2 N–H and O–H groups in total. The van der Waals surface area contributed by atoms with Crippen LogP contribution in [0.25, 0.3) is 0 Å². The van der Waals surface area contributed by atoms with E-state index >= 15 is 0 Å². The van der Waals surface area contributed by atoms with Crippen LogP contribution in [-0.4, -0.2) is 53.4 Å². The van der Waals surface area contributed by atoms with Crippen molar-refractivity contribution in [1.82, 2.24) is 14.8 Å². The van der Waals surface area contributed by atoms with E-state index in [2.05, 4.69) is 21.8 Å². The lowest BCUT2D eigenvalue weighted by atomic mass is 10.0. The number of aromatic nitrogens is 1. The molecule has 0 aromatic carbocycles. The van der Waals surface area contributed by atoms with Crippen molar-refractivity contribution in [3.05, 3.63) is 16.1 Å². The van der Waals surface area contributed by atoms with Crippen LogP contribution < -0.4 is 5.73 Å². The smallest absolute Gasteiger partial charge is 0.260 e. The molecule has 0 bridgehead atoms. The number of nitrogens with two attached hydrogens (primary N) is 1. The van der Waals surface area contributed by atoms with E-state index in [1.807, 2.05) is 0 Å². The van der Waals surface area contributed by atoms with Crippen molar-refractivity contribution in [2.24, 2.45) is 5.73 Å². The van der Waals surface area contributed by atoms with Gasteiger partial charge in [0.2, 0.25) is 0 Å². The maximum absolute atomic E-state index is 11.2. The number of primary amides is 1. The second-order valence-electron chi connectivity index (χ2n) is 5.86. The third-order valence-electron chi connectivity index (χ3n) is 4.50. The fraction of sp³-hybridized carbons (Fsp3) is 0.714. The van der Waals surface area contributed by atoms with Crippen LogP contribution in [0.15, 0.2) is 6.20 Å². The van der Waals surface area contributed by atoms with Gasteiger partial charge in [-0.05, 0) is 52.4 Å². The van der Waals surface area contributed by atoms with Crippen LogP contribution >= 0.6 is 11.3 Å². The molecule has 1 amide bonds. The fourth-order valence-electron chi connectivity index (χ4n) is 3.37. The van der Waals surface area contributed by atoms with Gasteiger partial charge in [-0.3, -0.25) is 9.69 Å². The van der Waals surface area contributed by atoms with Crippen LogP contribution in [0, 0.1) is 0 Å². The van der Waals surface area contributed by atoms with Gasteiger partial charge < -0.3 is 10.6 Å². The Bertz CT molecular complexity index is 481. The molecule has 1 aromatic rings. The van der Waals surface area contributed by atoms with Crippen molar-refractivity contribution in [3.8, 4) is 0 Å². The average molecular weight is 294 g/mol. The van der Waals surface area contributed by atoms with Crippen LogP contribution in [0.1, 0.15) is 46.4 Å². The van der Waals surface area contributed by atoms with Gasteiger partial charge in [0.25, 0.3) is 5.91 Å². The molecular weight excluding hydrogens is 272 g/mol. The summed E-state index contributed by atoms with van der Waals surface area (Å²) in [6.07, 6.45) is 6.48. The zero-order valence-corrected chi connectivity index (χ0v) is 12.7. The van der Waals surface area contributed by atoms with Crippen molar-refractivity contribution in [3.63, 3.8) is 0 Å². The standard InChI is InChI=1S/C14H22N4OS/c1-17-7-4-10(5-8-17)18-6-2-3-11(18)14-16-9-12(20-14)13(15)19/h9-11H,2-8H2,1H3,(H2,15,19). The molecule has 3 heterocycles. The van der Waals surface area contributed by atoms with Crippen molar-refractivity contribution in [2.75, 3.05) is 26.7 Å². The molecule has 0 radical (unpaired) electrons. The Hall–Kier alpha value is -0.980. The molecule has 3 rings (SSSR count). The van der Waals surface area contributed by atoms with E-state index in [1.165, 1.54) is 43.7 Å². The van der Waals surface area contributed by atoms with Gasteiger partial charge in [-0.25, -0.2) is 4.98 Å². The van der Waals surface area contributed by atoms with Crippen molar-refractivity contribution >= 4 is 17.2 Å². The van der Waals surface area contributed by atoms with Crippen molar-refractivity contribution in [1.29, 1.82) is 0 Å². The lowest BCUT2D eigenvalue weighted by molar-refractivity contribution is 0.100. The SMILES string of the molecule is CN1CCC(N2CCCC2c2ncc(C(N)=O)s2)CC1. The predicted octanol–water partition coefficient (Wildman–Crippen LogP) is 1.47. The molecule has 0 saturated carbocycles. The van der Waals surface area contributed by atoms with Gasteiger partial charge in [-0.15, -0.1) is 11.3 Å². The Labute approximate surface area is 123 Å². The summed E-state index contributed by atoms with van der Waals surface area (Å²) in [5.41, 5.74) is 5.33. The lowest BCUT2D eigenvalue weighted by Gasteiger charge is -2.37. The van der Waals surface area contributed by atoms with Gasteiger partial charge in [0.05, 0.1) is 12.2 Å². The molecule has 2 fully saturated rings. The number of carbonyl (C=O) groups excluding carboxylic acids is 1. The first kappa shape index (κ1) is 14.0. The molecular formula is C14H22N4OS. The average Bonchev–Trinajstić information content (AvgIpc) is 3.08. The quantitative estimate of drug-likeness (QED) is 0.917. The zero-order chi connectivity index (χ0) is 14.1. The summed E-state index contributed by atoms with van der Waals surface area (Å²) in [4.78, 5) is 21.3. The molecule has 0 spiro atoms. The minimum Gasteiger partial charge on any atom is -0.365 e. The summed E-state index contributed by atoms with van der Waals surface area (Å²) in [6, 6.07) is 1.06. The topological polar surface area (TPSA) is 62.5 Å². The highest BCUT2D eigenvalue weighted by Gasteiger charge is 2.34. The minimum absolute atomic E-state index is 0.363. The molecule has 20 heavy (non-hydrogen) atoms. The Kier molecular flexibility index (Phi) is 4.05. The van der Waals surface area contributed by atoms with E-state index in [9.17, 15) is 4.79 Å². The second-order valence-corrected chi connectivity index (χ2v) is 6.92. The largest absolute Gasteiger partial charge is 0.365 e. The zero-order valence-electron chi connectivity index (χ0n) is 11.9. The predicted molar refractivity (Wildman–Crippen MR) is 79.8 cm³/mol. The van der Waals surface area contributed by atoms with Crippen LogP contribution in [0.5, 0.6) is 0 Å². The summed E-state index contributed by atoms with van der Waals surface area (Å²) in [5, 5.41) is 1.07. The highest BCUT2D eigenvalue weighted by atomic mass is 32.1. The van der Waals surface area contributed by atoms with E-state index in [-0.39, 0.29) is 5.91 Å². The number of amides is 1. The van der Waals surface area contributed by atoms with E-state index in [0.717, 1.165) is 18.0 Å². The molecule has 110 valence electrons. The number of hydrogen-bond donors (Lipinski definition) is 1. The van der Waals surface area contributed by atoms with E-state index in [4.69, 9.17) is 5.73 Å². The molecule has 2 aliphatic heterocycles. The number of likely N-dealkylation sites (tertiary alicyclic amines) is 2. The van der Waals surface area contributed by atoms with Crippen LogP contribution in [0.3, 0.4) is 0 Å². The van der Waals surface area contributed by atoms with Crippen LogP contribution in [0.2, 0.25) is 0 Å². The first-order valence-corrected chi connectivity index (χ1v) is 8.16. The van der Waals surface area contributed by atoms with E-state index in [1.54, 1.807) is 6.20 Å². The first-order chi connectivity index (χ1) is 9.65. The Morgan fingerprint density at radius 1 is 1.35 bits per heavy atom. The van der Waals surface area contributed by atoms with E-state index in [0.29, 0.717) is 17.0 Å². The molecule has 2 saturated heterocycles. The van der Waals surface area contributed by atoms with Gasteiger partial charge >= 0.3 is 0 Å². The Balaban J connectivity index is 1.73. The Morgan fingerprint density at radius 2 is 2.10 bits per heavy atom. The molecule has 2 aliphatic rings. The maximum atomic E-state index is 11.2. The van der Waals surface area contributed by atoms with Crippen LogP contribution in [-0.2, 0) is 0 Å². The van der Waals surface area contributed by atoms with Gasteiger partial charge in [0.1, 0.15) is 9.88 Å². The van der Waals surface area contributed by atoms with Gasteiger partial charge in [0.15, 0.2) is 0 Å². The summed E-state index contributed by atoms with van der Waals surface area (Å²) in [7, 11) is 2.19. The molecule has 1 aromatic heterocycles. The molecule has 0 aliphatic carbocycles. The molecule has 1 unspecified atom stereocenters. The number of carbonyl (C=O) groups is 1. The molecule has 1 atom stereocenters. The summed E-state index contributed by atoms with van der Waals surface area (Å²) < 4.78 is 0. The van der Waals surface area contributed by atoms with Crippen molar-refractivity contribution in [2.45, 2.75) is 37.8 Å². The summed E-state index contributed by atoms with van der Waals surface area (Å²) in [5.74, 6) is -0.363. The number of thiazole rings is 1. The normalized spacial score (nSPS) is 26.1. The van der Waals surface area contributed by atoms with Crippen LogP contribution in [0.4, 0.5) is 0 Å². The summed E-state index contributed by atoms with van der Waals surface area (Å²) in [6.45, 7) is 3.51. The Morgan fingerprint density at radius 3 is 2.75 bits per heavy atom. The monoisotopic (exact) mass is 294 g/mol. The number of rotatable bonds is 3. The van der Waals surface area contributed by atoms with Gasteiger partial charge in [0, 0.05) is 6.04 Å². The third-order valence-corrected chi connectivity index (χ3v) is 5.62. The van der Waals surface area contributed by atoms with E-state index < -0.39 is 0 Å². The summed E-state index contributed by atoms with van der Waals surface area (Å²) >= 11 is 1.47. The number of nitrogens with zero attached hydrogens (tertiary/aromatic N) is 3. The molecule has 5 nitrogen and oxygen atoms in total.